The number of hydrogen-bond donors (Lipinski definition) is 1. The molecule has 0 heterocycles. The topological polar surface area (TPSA) is 20.2 Å². The summed E-state index contributed by atoms with van der Waals surface area (Å²) >= 11 is 6.02. The second-order valence-electron chi connectivity index (χ2n) is 5.30. The number of benzene rings is 2. The molecule has 0 bridgehead atoms. The maximum atomic E-state index is 9.96. The molecule has 0 aliphatic carbocycles. The van der Waals surface area contributed by atoms with Gasteiger partial charge in [-0.15, -0.1) is 0 Å². The van der Waals surface area contributed by atoms with Crippen molar-refractivity contribution in [1.29, 1.82) is 0 Å². The van der Waals surface area contributed by atoms with E-state index < -0.39 is 11.6 Å². The largest absolute Gasteiger partial charge is 0.386 e. The highest BCUT2D eigenvalue weighted by Gasteiger charge is 2.20. The molecule has 1 nitrogen and oxygen atoms in total. The molecule has 0 aliphatic heterocycles. The Hall–Kier alpha value is -1.21. The first-order valence-electron chi connectivity index (χ1n) is 6.55. The Kier molecular flexibility index (Phi) is 4.59. The molecular weight excluding hydrogens is 283 g/mol. The molecule has 0 saturated carbocycles. The summed E-state index contributed by atoms with van der Waals surface area (Å²) in [7, 11) is 0. The van der Waals surface area contributed by atoms with E-state index in [4.69, 9.17) is 11.8 Å². The van der Waals surface area contributed by atoms with Crippen LogP contribution in [-0.4, -0.2) is 10.7 Å². The van der Waals surface area contributed by atoms with Gasteiger partial charge in [0.25, 0.3) is 0 Å². The summed E-state index contributed by atoms with van der Waals surface area (Å²) in [5.74, 6) is 2.02. The third-order valence-corrected chi connectivity index (χ3v) is 7.30. The van der Waals surface area contributed by atoms with Crippen LogP contribution in [0.3, 0.4) is 0 Å². The predicted octanol–water partition coefficient (Wildman–Crippen LogP) is 3.40. The molecule has 2 aromatic rings. The molecule has 0 atom stereocenters. The highest BCUT2D eigenvalue weighted by Crippen LogP contribution is 2.45. The number of hydrogen-bond acceptors (Lipinski definition) is 2. The van der Waals surface area contributed by atoms with Crippen LogP contribution in [0.5, 0.6) is 0 Å². The van der Waals surface area contributed by atoms with Gasteiger partial charge in [-0.1, -0.05) is 78.5 Å². The van der Waals surface area contributed by atoms with E-state index in [1.165, 1.54) is 0 Å². The summed E-state index contributed by atoms with van der Waals surface area (Å²) in [4.78, 5) is 0. The monoisotopic (exact) mass is 302 g/mol. The van der Waals surface area contributed by atoms with Crippen LogP contribution >= 0.6 is 6.04 Å². The lowest BCUT2D eigenvalue weighted by Crippen LogP contribution is -2.17. The van der Waals surface area contributed by atoms with Crippen LogP contribution in [0.1, 0.15) is 13.8 Å². The van der Waals surface area contributed by atoms with Gasteiger partial charge in [-0.05, 0) is 30.3 Å². The Labute approximate surface area is 126 Å². The van der Waals surface area contributed by atoms with Gasteiger partial charge in [0.15, 0.2) is 0 Å². The van der Waals surface area contributed by atoms with Gasteiger partial charge in [0, 0.05) is 6.04 Å². The standard InChI is InChI=1S/C17H19OPS/c1-17(2,18)13-14-19(20,15-9-5-3-6-10-15)16-11-7-4-8-12-16/h3-14,18H,1-2H3/b14-13-. The quantitative estimate of drug-likeness (QED) is 0.874. The van der Waals surface area contributed by atoms with Crippen LogP contribution in [0.15, 0.2) is 72.6 Å². The average molecular weight is 302 g/mol. The van der Waals surface area contributed by atoms with Crippen LogP contribution in [-0.2, 0) is 11.8 Å². The van der Waals surface area contributed by atoms with Gasteiger partial charge in [0.1, 0.15) is 0 Å². The van der Waals surface area contributed by atoms with E-state index in [1.54, 1.807) is 13.8 Å². The minimum atomic E-state index is -2.03. The van der Waals surface area contributed by atoms with Crippen molar-refractivity contribution < 1.29 is 5.11 Å². The lowest BCUT2D eigenvalue weighted by Gasteiger charge is -2.21. The summed E-state index contributed by atoms with van der Waals surface area (Å²) in [6.07, 6.45) is 1.81. The van der Waals surface area contributed by atoms with E-state index in [2.05, 4.69) is 24.3 Å². The fourth-order valence-electron chi connectivity index (χ4n) is 1.91. The highest BCUT2D eigenvalue weighted by atomic mass is 32.4. The van der Waals surface area contributed by atoms with Gasteiger partial charge in [0.05, 0.1) is 5.60 Å². The van der Waals surface area contributed by atoms with Crippen molar-refractivity contribution in [1.82, 2.24) is 0 Å². The molecule has 0 radical (unpaired) electrons. The second kappa shape index (κ2) is 6.05. The molecule has 104 valence electrons. The first-order valence-corrected chi connectivity index (χ1v) is 9.43. The number of aliphatic hydroxyl groups is 1. The minimum Gasteiger partial charge on any atom is -0.386 e. The molecule has 1 N–H and O–H groups in total. The Morgan fingerprint density at radius 3 is 1.65 bits per heavy atom. The summed E-state index contributed by atoms with van der Waals surface area (Å²) < 4.78 is 0. The molecule has 0 saturated heterocycles. The fraction of sp³-hybridized carbons (Fsp3) is 0.176. The van der Waals surface area contributed by atoms with E-state index in [1.807, 2.05) is 48.3 Å². The minimum absolute atomic E-state index is 0.854. The Morgan fingerprint density at radius 1 is 0.900 bits per heavy atom. The zero-order chi connectivity index (χ0) is 14.6. The van der Waals surface area contributed by atoms with Gasteiger partial charge in [-0.25, -0.2) is 0 Å². The molecule has 2 rings (SSSR count). The first-order chi connectivity index (χ1) is 9.42. The van der Waals surface area contributed by atoms with Gasteiger partial charge in [-0.3, -0.25) is 0 Å². The van der Waals surface area contributed by atoms with Crippen LogP contribution in [0.25, 0.3) is 0 Å². The molecule has 20 heavy (non-hydrogen) atoms. The van der Waals surface area contributed by atoms with E-state index >= 15 is 0 Å². The van der Waals surface area contributed by atoms with E-state index in [0.717, 1.165) is 10.6 Å². The van der Waals surface area contributed by atoms with Crippen LogP contribution in [0, 0.1) is 0 Å². The smallest absolute Gasteiger partial charge is 0.0775 e. The van der Waals surface area contributed by atoms with Crippen LogP contribution in [0.2, 0.25) is 0 Å². The summed E-state index contributed by atoms with van der Waals surface area (Å²) in [6.45, 7) is 3.53. The van der Waals surface area contributed by atoms with Gasteiger partial charge >= 0.3 is 0 Å². The van der Waals surface area contributed by atoms with Crippen molar-refractivity contribution in [2.75, 3.05) is 0 Å². The fourth-order valence-corrected chi connectivity index (χ4v) is 5.27. The average Bonchev–Trinajstić information content (AvgIpc) is 2.46. The second-order valence-corrected chi connectivity index (χ2v) is 9.67. The summed E-state index contributed by atoms with van der Waals surface area (Å²) in [6, 6.07) is 18.3. The van der Waals surface area contributed by atoms with E-state index in [-0.39, 0.29) is 0 Å². The maximum absolute atomic E-state index is 9.96. The zero-order valence-electron chi connectivity index (χ0n) is 11.7. The molecule has 0 spiro atoms. The molecule has 0 unspecified atom stereocenters. The Morgan fingerprint density at radius 2 is 1.30 bits per heavy atom. The summed E-state index contributed by atoms with van der Waals surface area (Å²) in [5.41, 5.74) is -0.854. The third kappa shape index (κ3) is 3.67. The van der Waals surface area contributed by atoms with Gasteiger partial charge < -0.3 is 5.11 Å². The zero-order valence-corrected chi connectivity index (χ0v) is 13.4. The lowest BCUT2D eigenvalue weighted by molar-refractivity contribution is 0.133. The Balaban J connectivity index is 2.56. The van der Waals surface area contributed by atoms with Crippen molar-refractivity contribution in [3.63, 3.8) is 0 Å². The molecular formula is C17H19OPS. The molecule has 0 aromatic heterocycles. The van der Waals surface area contributed by atoms with Crippen molar-refractivity contribution >= 4 is 28.5 Å². The van der Waals surface area contributed by atoms with E-state index in [0.29, 0.717) is 0 Å². The highest BCUT2D eigenvalue weighted by molar-refractivity contribution is 8.23. The number of rotatable bonds is 4. The summed E-state index contributed by atoms with van der Waals surface area (Å²) in [5, 5.41) is 12.2. The van der Waals surface area contributed by atoms with Crippen LogP contribution in [0.4, 0.5) is 0 Å². The molecule has 3 heteroatoms. The van der Waals surface area contributed by atoms with Crippen LogP contribution < -0.4 is 10.6 Å². The Bertz CT molecular complexity index is 584. The van der Waals surface area contributed by atoms with Crippen molar-refractivity contribution in [2.45, 2.75) is 19.4 Å². The third-order valence-electron chi connectivity index (χ3n) is 2.97. The first kappa shape index (κ1) is 15.2. The molecule has 0 amide bonds. The maximum Gasteiger partial charge on any atom is 0.0775 e. The predicted molar refractivity (Wildman–Crippen MR) is 91.9 cm³/mol. The SMILES string of the molecule is CC(C)(O)/C=C\P(=S)(c1ccccc1)c1ccccc1. The van der Waals surface area contributed by atoms with Gasteiger partial charge in [-0.2, -0.15) is 0 Å². The van der Waals surface area contributed by atoms with Crippen molar-refractivity contribution in [2.24, 2.45) is 0 Å². The molecule has 0 fully saturated rings. The molecule has 0 aliphatic rings. The van der Waals surface area contributed by atoms with E-state index in [9.17, 15) is 5.11 Å². The molecule has 2 aromatic carbocycles. The lowest BCUT2D eigenvalue weighted by atomic mass is 10.1. The normalized spacial score (nSPS) is 12.8. The van der Waals surface area contributed by atoms with Crippen molar-refractivity contribution in [3.05, 3.63) is 72.6 Å². The van der Waals surface area contributed by atoms with Crippen molar-refractivity contribution in [3.8, 4) is 0 Å². The van der Waals surface area contributed by atoms with Gasteiger partial charge in [0.2, 0.25) is 0 Å².